The van der Waals surface area contributed by atoms with Crippen LogP contribution in [0.2, 0.25) is 0 Å². The van der Waals surface area contributed by atoms with Crippen LogP contribution in [0, 0.1) is 13.8 Å². The molecule has 1 aliphatic rings. The molecule has 1 aromatic rings. The molecule has 1 unspecified atom stereocenters. The smallest absolute Gasteiger partial charge is 0.264 e. The zero-order valence-corrected chi connectivity index (χ0v) is 15.9. The highest BCUT2D eigenvalue weighted by Gasteiger charge is 2.33. The van der Waals surface area contributed by atoms with Gasteiger partial charge in [-0.25, -0.2) is 8.42 Å². The first-order valence-corrected chi connectivity index (χ1v) is 9.52. The standard InChI is InChI=1S/C19H24N2O3S/c1-6-7-8-18-13-20(12-16(4)21(18)17(5)22)25(23,24)19-10-9-14(2)11-15(19)3/h6-11,13,16H,1,12H2,2-5H3/b8-7-. The summed E-state index contributed by atoms with van der Waals surface area (Å²) in [5.41, 5.74) is 2.24. The van der Waals surface area contributed by atoms with E-state index in [-0.39, 0.29) is 23.4 Å². The van der Waals surface area contributed by atoms with Gasteiger partial charge < -0.3 is 4.90 Å². The molecule has 0 fully saturated rings. The average molecular weight is 360 g/mol. The van der Waals surface area contributed by atoms with E-state index in [1.807, 2.05) is 19.9 Å². The van der Waals surface area contributed by atoms with Gasteiger partial charge in [-0.15, -0.1) is 0 Å². The molecule has 25 heavy (non-hydrogen) atoms. The second-order valence-electron chi connectivity index (χ2n) is 6.23. The number of nitrogens with zero attached hydrogens (tertiary/aromatic N) is 2. The number of allylic oxidation sites excluding steroid dienone is 3. The van der Waals surface area contributed by atoms with E-state index in [1.165, 1.54) is 17.4 Å². The Morgan fingerprint density at radius 1 is 1.32 bits per heavy atom. The summed E-state index contributed by atoms with van der Waals surface area (Å²) in [6.07, 6.45) is 6.47. The fourth-order valence-electron chi connectivity index (χ4n) is 3.02. The van der Waals surface area contributed by atoms with Crippen molar-refractivity contribution in [2.45, 2.75) is 38.6 Å². The Balaban J connectivity index is 2.53. The molecule has 1 aromatic carbocycles. The van der Waals surface area contributed by atoms with Crippen LogP contribution in [0.4, 0.5) is 0 Å². The van der Waals surface area contributed by atoms with Gasteiger partial charge in [0.05, 0.1) is 23.2 Å². The van der Waals surface area contributed by atoms with Crippen LogP contribution in [0.15, 0.2) is 59.8 Å². The normalized spacial score (nSPS) is 18.4. The molecule has 6 heteroatoms. The summed E-state index contributed by atoms with van der Waals surface area (Å²) in [6.45, 7) is 10.9. The molecule has 1 aliphatic heterocycles. The van der Waals surface area contributed by atoms with Gasteiger partial charge in [-0.3, -0.25) is 9.10 Å². The van der Waals surface area contributed by atoms with Crippen LogP contribution in [0.1, 0.15) is 25.0 Å². The molecular weight excluding hydrogens is 336 g/mol. The topological polar surface area (TPSA) is 57.7 Å². The molecule has 1 amide bonds. The second-order valence-corrected chi connectivity index (χ2v) is 8.09. The fraction of sp³-hybridized carbons (Fsp3) is 0.316. The summed E-state index contributed by atoms with van der Waals surface area (Å²) < 4.78 is 27.5. The van der Waals surface area contributed by atoms with Crippen molar-refractivity contribution >= 4 is 15.9 Å². The van der Waals surface area contributed by atoms with Crippen molar-refractivity contribution in [1.82, 2.24) is 9.21 Å². The highest BCUT2D eigenvalue weighted by Crippen LogP contribution is 2.27. The van der Waals surface area contributed by atoms with Crippen LogP contribution >= 0.6 is 0 Å². The predicted molar refractivity (Wildman–Crippen MR) is 99.2 cm³/mol. The molecular formula is C19H24N2O3S. The number of amides is 1. The number of aryl methyl sites for hydroxylation is 2. The fourth-order valence-corrected chi connectivity index (χ4v) is 4.64. The first kappa shape index (κ1) is 19.0. The summed E-state index contributed by atoms with van der Waals surface area (Å²) in [5.74, 6) is -0.129. The third-order valence-electron chi connectivity index (χ3n) is 4.10. The van der Waals surface area contributed by atoms with Crippen molar-refractivity contribution in [2.24, 2.45) is 0 Å². The van der Waals surface area contributed by atoms with Crippen molar-refractivity contribution in [3.63, 3.8) is 0 Å². The molecule has 0 saturated heterocycles. The minimum Gasteiger partial charge on any atom is -0.307 e. The summed E-state index contributed by atoms with van der Waals surface area (Å²) in [7, 11) is -3.69. The molecule has 0 saturated carbocycles. The number of rotatable bonds is 4. The lowest BCUT2D eigenvalue weighted by Crippen LogP contribution is -2.48. The maximum Gasteiger partial charge on any atom is 0.264 e. The predicted octanol–water partition coefficient (Wildman–Crippen LogP) is 3.13. The van der Waals surface area contributed by atoms with Gasteiger partial charge in [-0.05, 0) is 38.5 Å². The van der Waals surface area contributed by atoms with Gasteiger partial charge in [0.25, 0.3) is 10.0 Å². The third kappa shape index (κ3) is 3.85. The monoisotopic (exact) mass is 360 g/mol. The molecule has 2 rings (SSSR count). The van der Waals surface area contributed by atoms with Crippen molar-refractivity contribution in [2.75, 3.05) is 6.54 Å². The molecule has 0 aliphatic carbocycles. The van der Waals surface area contributed by atoms with Gasteiger partial charge in [-0.2, -0.15) is 0 Å². The quantitative estimate of drug-likeness (QED) is 0.775. The maximum atomic E-state index is 13.1. The summed E-state index contributed by atoms with van der Waals surface area (Å²) in [5, 5.41) is 0. The summed E-state index contributed by atoms with van der Waals surface area (Å²) in [6, 6.07) is 5.00. The molecule has 0 aromatic heterocycles. The van der Waals surface area contributed by atoms with Crippen LogP contribution in [-0.4, -0.2) is 36.1 Å². The van der Waals surface area contributed by atoms with Gasteiger partial charge in [0, 0.05) is 13.1 Å². The van der Waals surface area contributed by atoms with E-state index in [0.29, 0.717) is 11.3 Å². The first-order chi connectivity index (χ1) is 11.7. The lowest BCUT2D eigenvalue weighted by Gasteiger charge is -2.38. The van der Waals surface area contributed by atoms with Gasteiger partial charge in [0.1, 0.15) is 0 Å². The van der Waals surface area contributed by atoms with Crippen LogP contribution in [-0.2, 0) is 14.8 Å². The molecule has 134 valence electrons. The number of carbonyl (C=O) groups excluding carboxylic acids is 1. The van der Waals surface area contributed by atoms with E-state index in [4.69, 9.17) is 0 Å². The Morgan fingerprint density at radius 3 is 2.56 bits per heavy atom. The second kappa shape index (κ2) is 7.27. The van der Waals surface area contributed by atoms with Crippen LogP contribution in [0.3, 0.4) is 0 Å². The van der Waals surface area contributed by atoms with Crippen LogP contribution in [0.5, 0.6) is 0 Å². The van der Waals surface area contributed by atoms with E-state index in [2.05, 4.69) is 6.58 Å². The lowest BCUT2D eigenvalue weighted by molar-refractivity contribution is -0.128. The summed E-state index contributed by atoms with van der Waals surface area (Å²) in [4.78, 5) is 13.8. The molecule has 0 N–H and O–H groups in total. The van der Waals surface area contributed by atoms with Gasteiger partial charge in [-0.1, -0.05) is 36.4 Å². The van der Waals surface area contributed by atoms with Gasteiger partial charge in [0.2, 0.25) is 5.91 Å². The number of carbonyl (C=O) groups is 1. The Kier molecular flexibility index (Phi) is 5.52. The molecule has 0 radical (unpaired) electrons. The third-order valence-corrected chi connectivity index (χ3v) is 5.98. The van der Waals surface area contributed by atoms with Gasteiger partial charge >= 0.3 is 0 Å². The highest BCUT2D eigenvalue weighted by molar-refractivity contribution is 7.89. The number of benzene rings is 1. The Hall–Kier alpha value is -2.34. The van der Waals surface area contributed by atoms with Crippen molar-refractivity contribution in [3.8, 4) is 0 Å². The zero-order chi connectivity index (χ0) is 18.8. The molecule has 1 heterocycles. The largest absolute Gasteiger partial charge is 0.307 e. The van der Waals surface area contributed by atoms with E-state index in [0.717, 1.165) is 5.56 Å². The highest BCUT2D eigenvalue weighted by atomic mass is 32.2. The van der Waals surface area contributed by atoms with Crippen molar-refractivity contribution in [1.29, 1.82) is 0 Å². The minimum absolute atomic E-state index is 0.129. The molecule has 0 spiro atoms. The maximum absolute atomic E-state index is 13.1. The Bertz CT molecular complexity index is 853. The zero-order valence-electron chi connectivity index (χ0n) is 15.1. The summed E-state index contributed by atoms with van der Waals surface area (Å²) >= 11 is 0. The van der Waals surface area contributed by atoms with Gasteiger partial charge in [0.15, 0.2) is 0 Å². The van der Waals surface area contributed by atoms with E-state index < -0.39 is 10.0 Å². The molecule has 0 bridgehead atoms. The van der Waals surface area contributed by atoms with Crippen molar-refractivity contribution < 1.29 is 13.2 Å². The van der Waals surface area contributed by atoms with E-state index in [9.17, 15) is 13.2 Å². The SMILES string of the molecule is C=C/C=C\C1=CN(S(=O)(=O)c2ccc(C)cc2C)CC(C)N1C(C)=O. The first-order valence-electron chi connectivity index (χ1n) is 8.08. The van der Waals surface area contributed by atoms with E-state index >= 15 is 0 Å². The van der Waals surface area contributed by atoms with Crippen molar-refractivity contribution in [3.05, 3.63) is 66.0 Å². The number of hydrogen-bond acceptors (Lipinski definition) is 3. The molecule has 1 atom stereocenters. The van der Waals surface area contributed by atoms with Crippen LogP contribution in [0.25, 0.3) is 0 Å². The molecule has 5 nitrogen and oxygen atoms in total. The van der Waals surface area contributed by atoms with E-state index in [1.54, 1.807) is 42.2 Å². The average Bonchev–Trinajstić information content (AvgIpc) is 2.51. The van der Waals surface area contributed by atoms with Crippen LogP contribution < -0.4 is 0 Å². The number of sulfonamides is 1. The number of hydrogen-bond donors (Lipinski definition) is 0. The Labute approximate surface area is 150 Å². The lowest BCUT2D eigenvalue weighted by atomic mass is 10.2. The Morgan fingerprint density at radius 2 is 2.00 bits per heavy atom. The minimum atomic E-state index is -3.69.